The number of fused-ring (bicyclic) bond motifs is 1. The molecule has 1 aliphatic heterocycles. The number of amides is 1. The lowest BCUT2D eigenvalue weighted by molar-refractivity contribution is 0.0965. The van der Waals surface area contributed by atoms with Crippen molar-refractivity contribution in [3.8, 4) is 11.5 Å². The lowest BCUT2D eigenvalue weighted by Gasteiger charge is -2.10. The summed E-state index contributed by atoms with van der Waals surface area (Å²) in [4.78, 5) is 16.8. The zero-order valence-corrected chi connectivity index (χ0v) is 14.2. The van der Waals surface area contributed by atoms with E-state index in [4.69, 9.17) is 14.2 Å². The van der Waals surface area contributed by atoms with Crippen LogP contribution in [0.1, 0.15) is 28.4 Å². The summed E-state index contributed by atoms with van der Waals surface area (Å²) >= 11 is 0. The van der Waals surface area contributed by atoms with Crippen molar-refractivity contribution in [2.45, 2.75) is 20.4 Å². The summed E-state index contributed by atoms with van der Waals surface area (Å²) in [5, 5.41) is 2.73. The Morgan fingerprint density at radius 2 is 2.00 bits per heavy atom. The first-order valence-electron chi connectivity index (χ1n) is 8.10. The average molecular weight is 340 g/mol. The zero-order chi connectivity index (χ0) is 17.6. The quantitative estimate of drug-likeness (QED) is 0.686. The van der Waals surface area contributed by atoms with Crippen LogP contribution in [0.3, 0.4) is 0 Å². The second-order valence-corrected chi connectivity index (χ2v) is 5.51. The third-order valence-corrected chi connectivity index (χ3v) is 3.73. The molecule has 1 amide bonds. The van der Waals surface area contributed by atoms with Crippen molar-refractivity contribution in [1.29, 1.82) is 0 Å². The molecule has 0 fully saturated rings. The smallest absolute Gasteiger partial charge is 0.292 e. The van der Waals surface area contributed by atoms with E-state index in [1.54, 1.807) is 6.07 Å². The summed E-state index contributed by atoms with van der Waals surface area (Å²) in [6.45, 7) is 4.74. The molecule has 1 N–H and O–H groups in total. The highest BCUT2D eigenvalue weighted by Gasteiger charge is 2.14. The van der Waals surface area contributed by atoms with Crippen molar-refractivity contribution in [2.75, 3.05) is 13.4 Å². The summed E-state index contributed by atoms with van der Waals surface area (Å²) < 4.78 is 16.1. The van der Waals surface area contributed by atoms with Gasteiger partial charge in [0, 0.05) is 5.56 Å². The van der Waals surface area contributed by atoms with E-state index in [-0.39, 0.29) is 18.7 Å². The third-order valence-electron chi connectivity index (χ3n) is 3.73. The molecule has 2 aromatic carbocycles. The molecule has 25 heavy (non-hydrogen) atoms. The van der Waals surface area contributed by atoms with E-state index in [0.29, 0.717) is 24.5 Å². The molecule has 0 spiro atoms. The Morgan fingerprint density at radius 3 is 2.80 bits per heavy atom. The van der Waals surface area contributed by atoms with Gasteiger partial charge < -0.3 is 14.2 Å². The molecule has 1 heterocycles. The Balaban J connectivity index is 1.71. The van der Waals surface area contributed by atoms with Crippen molar-refractivity contribution in [3.05, 3.63) is 59.2 Å². The van der Waals surface area contributed by atoms with E-state index < -0.39 is 0 Å². The van der Waals surface area contributed by atoms with Gasteiger partial charge in [0.1, 0.15) is 0 Å². The number of amidine groups is 1. The van der Waals surface area contributed by atoms with Gasteiger partial charge in [-0.2, -0.15) is 0 Å². The van der Waals surface area contributed by atoms with Gasteiger partial charge in [-0.05, 0) is 43.2 Å². The predicted molar refractivity (Wildman–Crippen MR) is 94.0 cm³/mol. The van der Waals surface area contributed by atoms with Gasteiger partial charge in [0.25, 0.3) is 11.9 Å². The summed E-state index contributed by atoms with van der Waals surface area (Å²) in [6.07, 6.45) is 0. The highest BCUT2D eigenvalue weighted by molar-refractivity contribution is 6.04. The monoisotopic (exact) mass is 340 g/mol. The standard InChI is InChI=1S/C19H20N2O4/c1-3-23-19(21-18(22)15-7-5-4-6-13(15)2)20-11-14-8-9-16-17(10-14)25-12-24-16/h4-10H,3,11-12H2,1-2H3,(H,20,21,22). The second-order valence-electron chi connectivity index (χ2n) is 5.51. The van der Waals surface area contributed by atoms with Crippen molar-refractivity contribution in [2.24, 2.45) is 4.99 Å². The first kappa shape index (κ1) is 16.8. The molecule has 2 aromatic rings. The van der Waals surface area contributed by atoms with Crippen LogP contribution in [0.25, 0.3) is 0 Å². The van der Waals surface area contributed by atoms with Crippen LogP contribution in [0.2, 0.25) is 0 Å². The molecule has 0 atom stereocenters. The van der Waals surface area contributed by atoms with Gasteiger partial charge in [0.15, 0.2) is 11.5 Å². The minimum absolute atomic E-state index is 0.202. The normalized spacial score (nSPS) is 12.8. The van der Waals surface area contributed by atoms with E-state index in [1.165, 1.54) is 0 Å². The Bertz CT molecular complexity index is 802. The lowest BCUT2D eigenvalue weighted by atomic mass is 10.1. The minimum Gasteiger partial charge on any atom is -0.465 e. The van der Waals surface area contributed by atoms with Crippen molar-refractivity contribution < 1.29 is 19.0 Å². The summed E-state index contributed by atoms with van der Waals surface area (Å²) in [7, 11) is 0. The van der Waals surface area contributed by atoms with Crippen LogP contribution in [0.5, 0.6) is 11.5 Å². The number of benzene rings is 2. The van der Waals surface area contributed by atoms with E-state index in [1.807, 2.05) is 50.2 Å². The SMILES string of the molecule is CCOC(=NCc1ccc2c(c1)OCO2)NC(=O)c1ccccc1C. The maximum Gasteiger partial charge on any atom is 0.292 e. The van der Waals surface area contributed by atoms with Gasteiger partial charge in [-0.3, -0.25) is 10.1 Å². The van der Waals surface area contributed by atoms with Crippen molar-refractivity contribution >= 4 is 11.9 Å². The van der Waals surface area contributed by atoms with E-state index in [2.05, 4.69) is 10.3 Å². The Kier molecular flexibility index (Phi) is 5.18. The van der Waals surface area contributed by atoms with Crippen LogP contribution in [-0.4, -0.2) is 25.3 Å². The molecule has 0 bridgehead atoms. The van der Waals surface area contributed by atoms with Gasteiger partial charge in [0.05, 0.1) is 13.2 Å². The molecule has 130 valence electrons. The highest BCUT2D eigenvalue weighted by atomic mass is 16.7. The number of carbonyl (C=O) groups is 1. The summed E-state index contributed by atoms with van der Waals surface area (Å²) in [5.74, 6) is 1.19. The number of hydrogen-bond donors (Lipinski definition) is 1. The van der Waals surface area contributed by atoms with Gasteiger partial charge >= 0.3 is 0 Å². The molecule has 0 saturated carbocycles. The third kappa shape index (κ3) is 4.09. The number of nitrogens with one attached hydrogen (secondary N) is 1. The number of nitrogens with zero attached hydrogens (tertiary/aromatic N) is 1. The minimum atomic E-state index is -0.240. The topological polar surface area (TPSA) is 69.2 Å². The van der Waals surface area contributed by atoms with Crippen LogP contribution < -0.4 is 14.8 Å². The maximum atomic E-state index is 12.4. The number of aryl methyl sites for hydroxylation is 1. The van der Waals surface area contributed by atoms with E-state index in [0.717, 1.165) is 16.9 Å². The molecule has 0 saturated heterocycles. The van der Waals surface area contributed by atoms with Crippen LogP contribution in [0.15, 0.2) is 47.5 Å². The van der Waals surface area contributed by atoms with Gasteiger partial charge in [0.2, 0.25) is 6.79 Å². The number of ether oxygens (including phenoxy) is 3. The van der Waals surface area contributed by atoms with Gasteiger partial charge in [-0.25, -0.2) is 4.99 Å². The molecule has 0 unspecified atom stereocenters. The van der Waals surface area contributed by atoms with E-state index >= 15 is 0 Å². The molecule has 6 nitrogen and oxygen atoms in total. The van der Waals surface area contributed by atoms with E-state index in [9.17, 15) is 4.79 Å². The maximum absolute atomic E-state index is 12.4. The number of rotatable bonds is 4. The molecule has 0 aromatic heterocycles. The Labute approximate surface area is 146 Å². The largest absolute Gasteiger partial charge is 0.465 e. The molecule has 6 heteroatoms. The summed E-state index contributed by atoms with van der Waals surface area (Å²) in [6, 6.07) is 13.2. The van der Waals surface area contributed by atoms with Crippen molar-refractivity contribution in [3.63, 3.8) is 0 Å². The van der Waals surface area contributed by atoms with Crippen LogP contribution >= 0.6 is 0 Å². The molecule has 0 aliphatic carbocycles. The fourth-order valence-electron chi connectivity index (χ4n) is 2.45. The average Bonchev–Trinajstić information content (AvgIpc) is 3.08. The molecule has 3 rings (SSSR count). The predicted octanol–water partition coefficient (Wildman–Crippen LogP) is 3.05. The Morgan fingerprint density at radius 1 is 1.20 bits per heavy atom. The molecule has 0 radical (unpaired) electrons. The lowest BCUT2D eigenvalue weighted by Crippen LogP contribution is -2.33. The first-order chi connectivity index (χ1) is 12.2. The number of carbonyl (C=O) groups excluding carboxylic acids is 1. The Hall–Kier alpha value is -3.02. The molecule has 1 aliphatic rings. The summed E-state index contributed by atoms with van der Waals surface area (Å²) in [5.41, 5.74) is 2.43. The van der Waals surface area contributed by atoms with Crippen LogP contribution in [0.4, 0.5) is 0 Å². The molecular formula is C19H20N2O4. The first-order valence-corrected chi connectivity index (χ1v) is 8.10. The second kappa shape index (κ2) is 7.70. The van der Waals surface area contributed by atoms with Crippen LogP contribution in [-0.2, 0) is 11.3 Å². The number of aliphatic imine (C=N–C) groups is 1. The van der Waals surface area contributed by atoms with Gasteiger partial charge in [-0.15, -0.1) is 0 Å². The highest BCUT2D eigenvalue weighted by Crippen LogP contribution is 2.32. The van der Waals surface area contributed by atoms with Crippen molar-refractivity contribution in [1.82, 2.24) is 5.32 Å². The fourth-order valence-corrected chi connectivity index (χ4v) is 2.45. The molecular weight excluding hydrogens is 320 g/mol. The zero-order valence-electron chi connectivity index (χ0n) is 14.2. The fraction of sp³-hybridized carbons (Fsp3) is 0.263. The van der Waals surface area contributed by atoms with Gasteiger partial charge in [-0.1, -0.05) is 24.3 Å². The number of hydrogen-bond acceptors (Lipinski definition) is 5. The van der Waals surface area contributed by atoms with Crippen LogP contribution in [0, 0.1) is 6.92 Å².